The van der Waals surface area contributed by atoms with Gasteiger partial charge >= 0.3 is 0 Å². The van der Waals surface area contributed by atoms with Crippen LogP contribution in [0.5, 0.6) is 0 Å². The zero-order valence-corrected chi connectivity index (χ0v) is 16.6. The van der Waals surface area contributed by atoms with Gasteiger partial charge < -0.3 is 16.4 Å². The van der Waals surface area contributed by atoms with Crippen molar-refractivity contribution in [2.24, 2.45) is 0 Å². The first-order valence-electron chi connectivity index (χ1n) is 8.70. The van der Waals surface area contributed by atoms with Crippen molar-refractivity contribution in [1.82, 2.24) is 20.6 Å². The number of thioether (sulfide) groups is 1. The average molecular weight is 394 g/mol. The van der Waals surface area contributed by atoms with Crippen LogP contribution >= 0.6 is 23.1 Å². The minimum absolute atomic E-state index is 0.0305. The van der Waals surface area contributed by atoms with Crippen LogP contribution in [0, 0.1) is 0 Å². The van der Waals surface area contributed by atoms with Gasteiger partial charge in [0.05, 0.1) is 17.7 Å². The number of nitrogen functional groups attached to an aromatic ring is 1. The number of nitrogens with one attached hydrogen (secondary N) is 2. The van der Waals surface area contributed by atoms with Gasteiger partial charge in [0.1, 0.15) is 10.6 Å². The molecule has 0 radical (unpaired) electrons. The quantitative estimate of drug-likeness (QED) is 0.511. The summed E-state index contributed by atoms with van der Waals surface area (Å²) in [6, 6.07) is 0.0495. The van der Waals surface area contributed by atoms with Gasteiger partial charge in [-0.25, -0.2) is 9.97 Å². The van der Waals surface area contributed by atoms with Gasteiger partial charge in [-0.2, -0.15) is 0 Å². The number of carbonyl (C=O) groups excluding carboxylic acids is 2. The Morgan fingerprint density at radius 3 is 2.77 bits per heavy atom. The Morgan fingerprint density at radius 1 is 1.23 bits per heavy atom. The van der Waals surface area contributed by atoms with Crippen LogP contribution in [0.25, 0.3) is 10.2 Å². The first-order chi connectivity index (χ1) is 12.4. The van der Waals surface area contributed by atoms with E-state index in [9.17, 15) is 9.59 Å². The highest BCUT2D eigenvalue weighted by molar-refractivity contribution is 7.99. The zero-order valence-electron chi connectivity index (χ0n) is 14.9. The van der Waals surface area contributed by atoms with Crippen LogP contribution < -0.4 is 16.4 Å². The molecule has 0 unspecified atom stereocenters. The van der Waals surface area contributed by atoms with Crippen molar-refractivity contribution in [3.05, 3.63) is 10.4 Å². The summed E-state index contributed by atoms with van der Waals surface area (Å²) >= 11 is 2.91. The number of anilines is 1. The summed E-state index contributed by atoms with van der Waals surface area (Å²) < 4.78 is 0. The lowest BCUT2D eigenvalue weighted by molar-refractivity contribution is -0.125. The number of fused-ring (bicyclic) bond motifs is 3. The fourth-order valence-corrected chi connectivity index (χ4v) is 4.97. The molecule has 4 N–H and O–H groups in total. The molecule has 0 aromatic carbocycles. The summed E-state index contributed by atoms with van der Waals surface area (Å²) in [5.41, 5.74) is 7.47. The molecule has 0 bridgehead atoms. The van der Waals surface area contributed by atoms with Crippen LogP contribution in [0.1, 0.15) is 37.1 Å². The lowest BCUT2D eigenvalue weighted by atomic mass is 9.97. The topological polar surface area (TPSA) is 110 Å². The Morgan fingerprint density at radius 2 is 2.00 bits per heavy atom. The highest BCUT2D eigenvalue weighted by Gasteiger charge is 2.20. The molecule has 0 spiro atoms. The van der Waals surface area contributed by atoms with Gasteiger partial charge in [-0.1, -0.05) is 11.8 Å². The van der Waals surface area contributed by atoms with Crippen LogP contribution in [0.4, 0.5) is 5.82 Å². The molecule has 1 aliphatic carbocycles. The lowest BCUT2D eigenvalue weighted by Gasteiger charge is -2.10. The molecular formula is C17H23N5O2S2. The fourth-order valence-electron chi connectivity index (χ4n) is 2.96. The first kappa shape index (κ1) is 18.9. The van der Waals surface area contributed by atoms with Crippen LogP contribution in [0.2, 0.25) is 0 Å². The van der Waals surface area contributed by atoms with Gasteiger partial charge in [0, 0.05) is 10.9 Å². The number of aromatic nitrogens is 2. The van der Waals surface area contributed by atoms with Gasteiger partial charge in [0.15, 0.2) is 5.16 Å². The Balaban J connectivity index is 1.61. The normalized spacial score (nSPS) is 13.7. The monoisotopic (exact) mass is 393 g/mol. The molecule has 26 heavy (non-hydrogen) atoms. The molecule has 2 aromatic heterocycles. The molecule has 0 aliphatic heterocycles. The Labute approximate surface area is 160 Å². The summed E-state index contributed by atoms with van der Waals surface area (Å²) in [7, 11) is 0. The lowest BCUT2D eigenvalue weighted by Crippen LogP contribution is -2.40. The first-order valence-corrected chi connectivity index (χ1v) is 10.5. The summed E-state index contributed by atoms with van der Waals surface area (Å²) in [5.74, 6) is 0.199. The van der Waals surface area contributed by atoms with Crippen molar-refractivity contribution in [2.75, 3.05) is 18.0 Å². The van der Waals surface area contributed by atoms with E-state index >= 15 is 0 Å². The van der Waals surface area contributed by atoms with E-state index in [-0.39, 0.29) is 30.2 Å². The van der Waals surface area contributed by atoms with Crippen molar-refractivity contribution >= 4 is 50.9 Å². The predicted molar refractivity (Wildman–Crippen MR) is 105 cm³/mol. The number of rotatable bonds is 6. The number of amides is 2. The van der Waals surface area contributed by atoms with Crippen LogP contribution in [-0.2, 0) is 22.4 Å². The third-order valence-corrected chi connectivity index (χ3v) is 6.08. The molecule has 2 amide bonds. The fraction of sp³-hybridized carbons (Fsp3) is 0.529. The molecular weight excluding hydrogens is 370 g/mol. The van der Waals surface area contributed by atoms with Crippen molar-refractivity contribution < 1.29 is 9.59 Å². The number of nitrogens with zero attached hydrogens (tertiary/aromatic N) is 2. The number of aryl methyl sites for hydroxylation is 2. The van der Waals surface area contributed by atoms with E-state index in [1.807, 2.05) is 13.8 Å². The van der Waals surface area contributed by atoms with Crippen molar-refractivity contribution in [2.45, 2.75) is 50.7 Å². The van der Waals surface area contributed by atoms with E-state index in [2.05, 4.69) is 20.6 Å². The largest absolute Gasteiger partial charge is 0.383 e. The van der Waals surface area contributed by atoms with E-state index in [1.165, 1.54) is 35.0 Å². The second kappa shape index (κ2) is 8.22. The number of nitrogens with two attached hydrogens (primary N) is 1. The summed E-state index contributed by atoms with van der Waals surface area (Å²) in [5, 5.41) is 6.80. The summed E-state index contributed by atoms with van der Waals surface area (Å²) in [4.78, 5) is 34.7. The van der Waals surface area contributed by atoms with Crippen LogP contribution in [0.15, 0.2) is 5.16 Å². The predicted octanol–water partition coefficient (Wildman–Crippen LogP) is 1.89. The molecule has 9 heteroatoms. The van der Waals surface area contributed by atoms with Gasteiger partial charge in [-0.15, -0.1) is 11.3 Å². The van der Waals surface area contributed by atoms with Gasteiger partial charge in [0.25, 0.3) is 0 Å². The van der Waals surface area contributed by atoms with Crippen LogP contribution in [-0.4, -0.2) is 40.1 Å². The third-order valence-electron chi connectivity index (χ3n) is 4.05. The Bertz CT molecular complexity index is 834. The molecule has 0 fully saturated rings. The molecule has 0 saturated heterocycles. The van der Waals surface area contributed by atoms with E-state index in [0.29, 0.717) is 11.0 Å². The second-order valence-electron chi connectivity index (χ2n) is 6.57. The molecule has 2 heterocycles. The maximum absolute atomic E-state index is 11.9. The number of thiophene rings is 1. The summed E-state index contributed by atoms with van der Waals surface area (Å²) in [6.07, 6.45) is 4.51. The van der Waals surface area contributed by atoms with E-state index in [1.54, 1.807) is 11.3 Å². The Hall–Kier alpha value is -1.87. The molecule has 2 aromatic rings. The van der Waals surface area contributed by atoms with E-state index in [4.69, 9.17) is 5.73 Å². The highest BCUT2D eigenvalue weighted by atomic mass is 32.2. The number of hydrogen-bond acceptors (Lipinski definition) is 7. The molecule has 1 aliphatic rings. The molecule has 0 atom stereocenters. The highest BCUT2D eigenvalue weighted by Crippen LogP contribution is 2.38. The average Bonchev–Trinajstić information content (AvgIpc) is 2.96. The molecule has 7 nitrogen and oxygen atoms in total. The Kier molecular flexibility index (Phi) is 5.98. The summed E-state index contributed by atoms with van der Waals surface area (Å²) in [6.45, 7) is 3.71. The molecule has 0 saturated carbocycles. The minimum atomic E-state index is -0.235. The van der Waals surface area contributed by atoms with Crippen molar-refractivity contribution in [3.8, 4) is 0 Å². The van der Waals surface area contributed by atoms with E-state index in [0.717, 1.165) is 23.1 Å². The SMILES string of the molecule is CC(C)NC(=O)CNC(=O)CSc1nc(N)c2c3c(sc2n1)CCCC3. The second-order valence-corrected chi connectivity index (χ2v) is 8.60. The standard InChI is InChI=1S/C17H23N5O2S2/c1-9(2)20-12(23)7-19-13(24)8-25-17-21-15(18)14-10-5-3-4-6-11(10)26-16(14)22-17/h9H,3-8H2,1-2H3,(H,19,24)(H,20,23)(H2,18,21,22). The third kappa shape index (κ3) is 4.45. The minimum Gasteiger partial charge on any atom is -0.383 e. The van der Waals surface area contributed by atoms with Gasteiger partial charge in [-0.3, -0.25) is 9.59 Å². The maximum Gasteiger partial charge on any atom is 0.239 e. The smallest absolute Gasteiger partial charge is 0.239 e. The van der Waals surface area contributed by atoms with Crippen molar-refractivity contribution in [3.63, 3.8) is 0 Å². The molecule has 3 rings (SSSR count). The van der Waals surface area contributed by atoms with Crippen molar-refractivity contribution in [1.29, 1.82) is 0 Å². The number of carbonyl (C=O) groups is 2. The maximum atomic E-state index is 11.9. The van der Waals surface area contributed by atoms with Gasteiger partial charge in [-0.05, 0) is 45.1 Å². The number of hydrogen-bond donors (Lipinski definition) is 3. The molecule has 140 valence electrons. The van der Waals surface area contributed by atoms with Crippen LogP contribution in [0.3, 0.4) is 0 Å². The zero-order chi connectivity index (χ0) is 18.7. The van der Waals surface area contributed by atoms with Gasteiger partial charge in [0.2, 0.25) is 11.8 Å². The van der Waals surface area contributed by atoms with E-state index < -0.39 is 0 Å².